The molecule has 2 aromatic rings. The fourth-order valence-electron chi connectivity index (χ4n) is 1.82. The van der Waals surface area contributed by atoms with Crippen molar-refractivity contribution in [3.05, 3.63) is 24.1 Å². The van der Waals surface area contributed by atoms with Crippen LogP contribution in [0, 0.1) is 0 Å². The monoisotopic (exact) mass is 291 g/mol. The Morgan fingerprint density at radius 3 is 2.62 bits per heavy atom. The maximum Gasteiger partial charge on any atom is 0.247 e. The van der Waals surface area contributed by atoms with Crippen LogP contribution in [0.4, 0.5) is 0 Å². The van der Waals surface area contributed by atoms with Gasteiger partial charge in [-0.2, -0.15) is 0 Å². The van der Waals surface area contributed by atoms with Gasteiger partial charge in [-0.1, -0.05) is 6.92 Å². The van der Waals surface area contributed by atoms with E-state index < -0.39 is 0 Å². The first-order valence-electron chi connectivity index (χ1n) is 6.96. The molecule has 0 radical (unpaired) electrons. The molecule has 1 unspecified atom stereocenters. The van der Waals surface area contributed by atoms with Crippen molar-refractivity contribution < 1.29 is 13.9 Å². The van der Waals surface area contributed by atoms with Crippen LogP contribution in [0.3, 0.4) is 0 Å². The summed E-state index contributed by atoms with van der Waals surface area (Å²) >= 11 is 0. The Morgan fingerprint density at radius 2 is 1.95 bits per heavy atom. The van der Waals surface area contributed by atoms with E-state index >= 15 is 0 Å². The first kappa shape index (κ1) is 15.3. The van der Waals surface area contributed by atoms with E-state index in [4.69, 9.17) is 13.9 Å². The zero-order valence-electron chi connectivity index (χ0n) is 12.8. The normalized spacial score (nSPS) is 12.2. The lowest BCUT2D eigenvalue weighted by Crippen LogP contribution is -2.24. The number of nitrogens with one attached hydrogen (secondary N) is 1. The maximum absolute atomic E-state index is 5.66. The van der Waals surface area contributed by atoms with Crippen LogP contribution in [-0.2, 0) is 6.54 Å². The average Bonchev–Trinajstić information content (AvgIpc) is 3.00. The van der Waals surface area contributed by atoms with Gasteiger partial charge in [0.2, 0.25) is 11.8 Å². The van der Waals surface area contributed by atoms with Crippen LogP contribution in [0.15, 0.2) is 22.6 Å². The van der Waals surface area contributed by atoms with Crippen molar-refractivity contribution in [3.63, 3.8) is 0 Å². The van der Waals surface area contributed by atoms with E-state index in [0.717, 1.165) is 12.0 Å². The van der Waals surface area contributed by atoms with E-state index in [1.165, 1.54) is 0 Å². The summed E-state index contributed by atoms with van der Waals surface area (Å²) in [7, 11) is 3.19. The minimum Gasteiger partial charge on any atom is -0.493 e. The molecule has 0 aliphatic carbocycles. The summed E-state index contributed by atoms with van der Waals surface area (Å²) in [6.07, 6.45) is 1.05. The highest BCUT2D eigenvalue weighted by Crippen LogP contribution is 2.31. The summed E-state index contributed by atoms with van der Waals surface area (Å²) in [6.45, 7) is 4.81. The van der Waals surface area contributed by atoms with Gasteiger partial charge >= 0.3 is 0 Å². The number of rotatable bonds is 7. The number of hydrogen-bond donors (Lipinski definition) is 1. The molecule has 0 fully saturated rings. The van der Waals surface area contributed by atoms with Crippen molar-refractivity contribution >= 4 is 0 Å². The Bertz CT molecular complexity index is 583. The van der Waals surface area contributed by atoms with Gasteiger partial charge in [-0.25, -0.2) is 0 Å². The van der Waals surface area contributed by atoms with Crippen molar-refractivity contribution in [2.45, 2.75) is 32.9 Å². The highest BCUT2D eigenvalue weighted by atomic mass is 16.5. The van der Waals surface area contributed by atoms with E-state index in [1.54, 1.807) is 14.2 Å². The van der Waals surface area contributed by atoms with Gasteiger partial charge in [0.1, 0.15) is 0 Å². The van der Waals surface area contributed by atoms with Crippen LogP contribution in [0.2, 0.25) is 0 Å². The van der Waals surface area contributed by atoms with Crippen molar-refractivity contribution in [3.8, 4) is 23.0 Å². The van der Waals surface area contributed by atoms with Crippen LogP contribution < -0.4 is 14.8 Å². The highest BCUT2D eigenvalue weighted by Gasteiger charge is 2.12. The van der Waals surface area contributed by atoms with E-state index in [2.05, 4.69) is 29.4 Å². The lowest BCUT2D eigenvalue weighted by molar-refractivity contribution is 0.355. The number of ether oxygens (including phenoxy) is 2. The minimum absolute atomic E-state index is 0.418. The fraction of sp³-hybridized carbons (Fsp3) is 0.467. The third kappa shape index (κ3) is 3.72. The molecule has 2 rings (SSSR count). The van der Waals surface area contributed by atoms with E-state index in [0.29, 0.717) is 35.9 Å². The largest absolute Gasteiger partial charge is 0.493 e. The van der Waals surface area contributed by atoms with Gasteiger partial charge in [0.25, 0.3) is 0 Å². The maximum atomic E-state index is 5.66. The molecule has 0 aliphatic heterocycles. The van der Waals surface area contributed by atoms with Crippen LogP contribution in [0.5, 0.6) is 11.5 Å². The predicted molar refractivity (Wildman–Crippen MR) is 79.4 cm³/mol. The second-order valence-corrected chi connectivity index (χ2v) is 4.76. The number of benzene rings is 1. The molecule has 21 heavy (non-hydrogen) atoms. The lowest BCUT2D eigenvalue weighted by atomic mass is 10.2. The summed E-state index contributed by atoms with van der Waals surface area (Å²) in [5.74, 6) is 2.34. The third-order valence-electron chi connectivity index (χ3n) is 3.31. The molecule has 1 aromatic carbocycles. The minimum atomic E-state index is 0.418. The zero-order valence-corrected chi connectivity index (χ0v) is 12.8. The quantitative estimate of drug-likeness (QED) is 0.845. The smallest absolute Gasteiger partial charge is 0.247 e. The van der Waals surface area contributed by atoms with Crippen LogP contribution in [0.25, 0.3) is 11.5 Å². The Hall–Kier alpha value is -2.08. The van der Waals surface area contributed by atoms with Crippen LogP contribution in [-0.4, -0.2) is 30.5 Å². The SMILES string of the molecule is CCC(C)NCc1nnc(-c2ccc(OC)c(OC)c2)o1. The molecule has 0 aliphatic rings. The van der Waals surface area contributed by atoms with E-state index in [1.807, 2.05) is 18.2 Å². The molecule has 0 saturated heterocycles. The number of hydrogen-bond acceptors (Lipinski definition) is 6. The molecule has 0 amide bonds. The average molecular weight is 291 g/mol. The molecular formula is C15H21N3O3. The molecular weight excluding hydrogens is 270 g/mol. The zero-order chi connectivity index (χ0) is 15.2. The van der Waals surface area contributed by atoms with Crippen molar-refractivity contribution in [1.82, 2.24) is 15.5 Å². The van der Waals surface area contributed by atoms with E-state index in [-0.39, 0.29) is 0 Å². The summed E-state index contributed by atoms with van der Waals surface area (Å²) in [5, 5.41) is 11.4. The third-order valence-corrected chi connectivity index (χ3v) is 3.31. The predicted octanol–water partition coefficient (Wildman–Crippen LogP) is 2.64. The first-order valence-corrected chi connectivity index (χ1v) is 6.96. The molecule has 0 saturated carbocycles. The summed E-state index contributed by atoms with van der Waals surface area (Å²) < 4.78 is 16.1. The van der Waals surface area contributed by atoms with Crippen molar-refractivity contribution in [1.29, 1.82) is 0 Å². The Kier molecular flexibility index (Phi) is 5.16. The van der Waals surface area contributed by atoms with Gasteiger partial charge in [0.05, 0.1) is 20.8 Å². The summed E-state index contributed by atoms with van der Waals surface area (Å²) in [4.78, 5) is 0. The topological polar surface area (TPSA) is 69.4 Å². The highest BCUT2D eigenvalue weighted by molar-refractivity contribution is 5.59. The van der Waals surface area contributed by atoms with E-state index in [9.17, 15) is 0 Å². The molecule has 6 heteroatoms. The van der Waals surface area contributed by atoms with Gasteiger partial charge < -0.3 is 19.2 Å². The van der Waals surface area contributed by atoms with Crippen molar-refractivity contribution in [2.24, 2.45) is 0 Å². The van der Waals surface area contributed by atoms with Gasteiger partial charge in [0, 0.05) is 11.6 Å². The fourth-order valence-corrected chi connectivity index (χ4v) is 1.82. The number of aromatic nitrogens is 2. The Balaban J connectivity index is 2.14. The number of nitrogens with zero attached hydrogens (tertiary/aromatic N) is 2. The van der Waals surface area contributed by atoms with Crippen LogP contribution >= 0.6 is 0 Å². The Labute approximate surface area is 124 Å². The molecule has 114 valence electrons. The molecule has 1 N–H and O–H groups in total. The second-order valence-electron chi connectivity index (χ2n) is 4.76. The van der Waals surface area contributed by atoms with Crippen molar-refractivity contribution in [2.75, 3.05) is 14.2 Å². The van der Waals surface area contributed by atoms with Gasteiger partial charge in [-0.15, -0.1) is 10.2 Å². The van der Waals surface area contributed by atoms with Gasteiger partial charge in [0.15, 0.2) is 11.5 Å². The Morgan fingerprint density at radius 1 is 1.19 bits per heavy atom. The van der Waals surface area contributed by atoms with Gasteiger partial charge in [-0.05, 0) is 31.5 Å². The second kappa shape index (κ2) is 7.08. The summed E-state index contributed by atoms with van der Waals surface area (Å²) in [5.41, 5.74) is 0.801. The van der Waals surface area contributed by atoms with Gasteiger partial charge in [-0.3, -0.25) is 0 Å². The first-order chi connectivity index (χ1) is 10.2. The molecule has 1 aromatic heterocycles. The lowest BCUT2D eigenvalue weighted by Gasteiger charge is -2.08. The molecule has 0 bridgehead atoms. The standard InChI is InChI=1S/C15H21N3O3/c1-5-10(2)16-9-14-17-18-15(21-14)11-6-7-12(19-3)13(8-11)20-4/h6-8,10,16H,5,9H2,1-4H3. The molecule has 6 nitrogen and oxygen atoms in total. The summed E-state index contributed by atoms with van der Waals surface area (Å²) in [6, 6.07) is 5.91. The molecule has 1 atom stereocenters. The van der Waals surface area contributed by atoms with Crippen LogP contribution in [0.1, 0.15) is 26.2 Å². The molecule has 0 spiro atoms. The number of methoxy groups -OCH3 is 2. The molecule has 1 heterocycles.